The quantitative estimate of drug-likeness (QED) is 0.534. The first-order chi connectivity index (χ1) is 5.70. The Bertz CT molecular complexity index is 265. The molecule has 1 aromatic rings. The van der Waals surface area contributed by atoms with E-state index in [2.05, 4.69) is 22.3 Å². The van der Waals surface area contributed by atoms with Crippen molar-refractivity contribution >= 4 is 18.7 Å². The van der Waals surface area contributed by atoms with E-state index in [-0.39, 0.29) is 0 Å². The molecule has 64 valence electrons. The largest absolute Gasteiger partial charge is 0.429 e. The molecule has 2 N–H and O–H groups in total. The van der Waals surface area contributed by atoms with E-state index in [0.717, 1.165) is 0 Å². The van der Waals surface area contributed by atoms with Crippen LogP contribution < -0.4 is 5.73 Å². The maximum absolute atomic E-state index is 10.3. The SMILES string of the molecule is NC(=O)OC(S)c1ccccn1. The smallest absolute Gasteiger partial charge is 0.406 e. The molecule has 4 nitrogen and oxygen atoms in total. The van der Waals surface area contributed by atoms with Crippen molar-refractivity contribution in [3.8, 4) is 0 Å². The molecule has 0 aliphatic rings. The van der Waals surface area contributed by atoms with Crippen LogP contribution in [0.1, 0.15) is 11.1 Å². The van der Waals surface area contributed by atoms with E-state index < -0.39 is 11.5 Å². The number of ether oxygens (including phenoxy) is 1. The molecular formula is C7H8N2O2S. The van der Waals surface area contributed by atoms with Crippen molar-refractivity contribution in [1.82, 2.24) is 4.98 Å². The van der Waals surface area contributed by atoms with Crippen LogP contribution in [0.4, 0.5) is 4.79 Å². The lowest BCUT2D eigenvalue weighted by atomic mass is 10.4. The van der Waals surface area contributed by atoms with Gasteiger partial charge in [-0.05, 0) is 12.1 Å². The molecule has 0 aliphatic heterocycles. The molecular weight excluding hydrogens is 176 g/mol. The lowest BCUT2D eigenvalue weighted by Gasteiger charge is -2.08. The molecule has 0 saturated heterocycles. The van der Waals surface area contributed by atoms with Gasteiger partial charge in [-0.1, -0.05) is 6.07 Å². The number of hydrogen-bond acceptors (Lipinski definition) is 4. The number of carbonyl (C=O) groups excluding carboxylic acids is 1. The molecule has 0 saturated carbocycles. The number of nitrogens with zero attached hydrogens (tertiary/aromatic N) is 1. The highest BCUT2D eigenvalue weighted by Gasteiger charge is 2.09. The van der Waals surface area contributed by atoms with Gasteiger partial charge in [-0.15, -0.1) is 12.6 Å². The van der Waals surface area contributed by atoms with E-state index in [1.54, 1.807) is 24.4 Å². The average molecular weight is 184 g/mol. The van der Waals surface area contributed by atoms with Crippen molar-refractivity contribution in [2.45, 2.75) is 5.44 Å². The van der Waals surface area contributed by atoms with Crippen molar-refractivity contribution in [3.63, 3.8) is 0 Å². The second kappa shape index (κ2) is 3.96. The van der Waals surface area contributed by atoms with E-state index in [4.69, 9.17) is 5.73 Å². The zero-order valence-electron chi connectivity index (χ0n) is 6.18. The second-order valence-corrected chi connectivity index (χ2v) is 2.51. The van der Waals surface area contributed by atoms with E-state index in [1.165, 1.54) is 0 Å². The van der Waals surface area contributed by atoms with Crippen LogP contribution in [0.3, 0.4) is 0 Å². The summed E-state index contributed by atoms with van der Waals surface area (Å²) in [5.74, 6) is 0. The van der Waals surface area contributed by atoms with Crippen molar-refractivity contribution in [2.24, 2.45) is 5.73 Å². The van der Waals surface area contributed by atoms with Gasteiger partial charge in [0, 0.05) is 6.20 Å². The number of primary amides is 1. The van der Waals surface area contributed by atoms with Gasteiger partial charge in [-0.25, -0.2) is 4.79 Å². The maximum atomic E-state index is 10.3. The van der Waals surface area contributed by atoms with Gasteiger partial charge in [0.1, 0.15) is 0 Å². The zero-order valence-corrected chi connectivity index (χ0v) is 7.07. The second-order valence-electron chi connectivity index (χ2n) is 2.04. The summed E-state index contributed by atoms with van der Waals surface area (Å²) in [6.45, 7) is 0. The Morgan fingerprint density at radius 3 is 2.92 bits per heavy atom. The van der Waals surface area contributed by atoms with Crippen LogP contribution in [0, 0.1) is 0 Å². The number of carbonyl (C=O) groups is 1. The molecule has 0 aromatic carbocycles. The van der Waals surface area contributed by atoms with Crippen LogP contribution in [0.5, 0.6) is 0 Å². The van der Waals surface area contributed by atoms with Crippen molar-refractivity contribution in [2.75, 3.05) is 0 Å². The minimum Gasteiger partial charge on any atom is -0.429 e. The summed E-state index contributed by atoms with van der Waals surface area (Å²) in [5.41, 5.74) is 4.66. The fraction of sp³-hybridized carbons (Fsp3) is 0.143. The highest BCUT2D eigenvalue weighted by molar-refractivity contribution is 7.80. The van der Waals surface area contributed by atoms with E-state index >= 15 is 0 Å². The third-order valence-electron chi connectivity index (χ3n) is 1.17. The van der Waals surface area contributed by atoms with E-state index in [9.17, 15) is 4.79 Å². The molecule has 1 aromatic heterocycles. The molecule has 1 unspecified atom stereocenters. The van der Waals surface area contributed by atoms with Crippen LogP contribution in [-0.4, -0.2) is 11.1 Å². The molecule has 1 amide bonds. The first-order valence-electron chi connectivity index (χ1n) is 3.25. The van der Waals surface area contributed by atoms with E-state index in [1.807, 2.05) is 0 Å². The van der Waals surface area contributed by atoms with Gasteiger partial charge in [0.15, 0.2) is 5.44 Å². The Hall–Kier alpha value is -1.23. The summed E-state index contributed by atoms with van der Waals surface area (Å²) < 4.78 is 4.58. The normalized spacial score (nSPS) is 12.1. The van der Waals surface area contributed by atoms with Crippen LogP contribution in [-0.2, 0) is 4.74 Å². The number of nitrogens with two attached hydrogens (primary N) is 1. The van der Waals surface area contributed by atoms with Gasteiger partial charge in [-0.3, -0.25) is 4.98 Å². The summed E-state index contributed by atoms with van der Waals surface area (Å²) >= 11 is 3.97. The monoisotopic (exact) mass is 184 g/mol. The minimum atomic E-state index is -0.861. The molecule has 1 heterocycles. The van der Waals surface area contributed by atoms with Crippen molar-refractivity contribution in [1.29, 1.82) is 0 Å². The van der Waals surface area contributed by atoms with Gasteiger partial charge >= 0.3 is 6.09 Å². The van der Waals surface area contributed by atoms with Crippen LogP contribution in [0.2, 0.25) is 0 Å². The average Bonchev–Trinajstić information content (AvgIpc) is 2.05. The lowest BCUT2D eigenvalue weighted by Crippen LogP contribution is -2.15. The topological polar surface area (TPSA) is 65.2 Å². The number of aromatic nitrogens is 1. The van der Waals surface area contributed by atoms with Gasteiger partial charge < -0.3 is 10.5 Å². The highest BCUT2D eigenvalue weighted by Crippen LogP contribution is 2.17. The molecule has 12 heavy (non-hydrogen) atoms. The first kappa shape index (κ1) is 8.86. The van der Waals surface area contributed by atoms with Crippen LogP contribution >= 0.6 is 12.6 Å². The molecule has 1 rings (SSSR count). The molecule has 0 aliphatic carbocycles. The number of rotatable bonds is 2. The minimum absolute atomic E-state index is 0.555. The molecule has 0 radical (unpaired) electrons. The van der Waals surface area contributed by atoms with Gasteiger partial charge in [-0.2, -0.15) is 0 Å². The molecule has 1 atom stereocenters. The fourth-order valence-electron chi connectivity index (χ4n) is 0.692. The van der Waals surface area contributed by atoms with Gasteiger partial charge in [0.2, 0.25) is 0 Å². The summed E-state index contributed by atoms with van der Waals surface area (Å²) in [6.07, 6.45) is 0.726. The highest BCUT2D eigenvalue weighted by atomic mass is 32.1. The van der Waals surface area contributed by atoms with E-state index in [0.29, 0.717) is 5.69 Å². The third-order valence-corrected chi connectivity index (χ3v) is 1.54. The Kier molecular flexibility index (Phi) is 2.93. The number of amides is 1. The standard InChI is InChI=1S/C7H8N2O2S/c8-7(10)11-6(12)5-3-1-2-4-9-5/h1-4,6,12H,(H2,8,10). The Morgan fingerprint density at radius 2 is 2.42 bits per heavy atom. The van der Waals surface area contributed by atoms with Gasteiger partial charge in [0.05, 0.1) is 5.69 Å². The molecule has 0 bridgehead atoms. The van der Waals surface area contributed by atoms with Crippen molar-refractivity contribution < 1.29 is 9.53 Å². The molecule has 5 heteroatoms. The molecule has 0 fully saturated rings. The number of thiol groups is 1. The summed E-state index contributed by atoms with van der Waals surface area (Å²) in [4.78, 5) is 14.2. The molecule has 0 spiro atoms. The summed E-state index contributed by atoms with van der Waals surface area (Å²) in [7, 11) is 0. The van der Waals surface area contributed by atoms with Crippen LogP contribution in [0.15, 0.2) is 24.4 Å². The van der Waals surface area contributed by atoms with Crippen LogP contribution in [0.25, 0.3) is 0 Å². The fourth-order valence-corrected chi connectivity index (χ4v) is 0.949. The summed E-state index contributed by atoms with van der Waals surface area (Å²) in [6, 6.07) is 5.23. The Balaban J connectivity index is 2.65. The number of hydrogen-bond donors (Lipinski definition) is 2. The third kappa shape index (κ3) is 2.43. The maximum Gasteiger partial charge on any atom is 0.406 e. The Labute approximate surface area is 75.2 Å². The predicted molar refractivity (Wildman–Crippen MR) is 46.6 cm³/mol. The lowest BCUT2D eigenvalue weighted by molar-refractivity contribution is 0.145. The zero-order chi connectivity index (χ0) is 8.97. The Morgan fingerprint density at radius 1 is 1.67 bits per heavy atom. The predicted octanol–water partition coefficient (Wildman–Crippen LogP) is 1.11. The summed E-state index contributed by atoms with van der Waals surface area (Å²) in [5, 5.41) is 0. The number of pyridine rings is 1. The van der Waals surface area contributed by atoms with Gasteiger partial charge in [0.25, 0.3) is 0 Å². The first-order valence-corrected chi connectivity index (χ1v) is 3.77. The van der Waals surface area contributed by atoms with Crippen molar-refractivity contribution in [3.05, 3.63) is 30.1 Å².